The summed E-state index contributed by atoms with van der Waals surface area (Å²) >= 11 is 1.64. The van der Waals surface area contributed by atoms with Gasteiger partial charge in [-0.1, -0.05) is 6.07 Å². The standard InChI is InChI=1S/C9H11N3OS/c1-7(11-12-9(10)13)4-5-8-3-2-6-14-8/h2-6H,1H3,(H3,10,12,13)/b5-4+,11-7+. The molecule has 14 heavy (non-hydrogen) atoms. The first-order valence-corrected chi connectivity index (χ1v) is 4.88. The molecule has 5 heteroatoms. The summed E-state index contributed by atoms with van der Waals surface area (Å²) in [4.78, 5) is 11.5. The second-order valence-electron chi connectivity index (χ2n) is 2.58. The number of amides is 2. The molecule has 0 saturated heterocycles. The van der Waals surface area contributed by atoms with Crippen molar-refractivity contribution in [3.63, 3.8) is 0 Å². The lowest BCUT2D eigenvalue weighted by Crippen LogP contribution is -2.25. The minimum atomic E-state index is -0.658. The molecule has 4 nitrogen and oxygen atoms in total. The Morgan fingerprint density at radius 2 is 2.50 bits per heavy atom. The molecule has 74 valence electrons. The van der Waals surface area contributed by atoms with Crippen molar-refractivity contribution in [2.24, 2.45) is 10.8 Å². The van der Waals surface area contributed by atoms with E-state index in [4.69, 9.17) is 5.73 Å². The van der Waals surface area contributed by atoms with Crippen molar-refractivity contribution in [2.75, 3.05) is 0 Å². The molecule has 0 aliphatic carbocycles. The zero-order valence-corrected chi connectivity index (χ0v) is 8.54. The number of rotatable bonds is 3. The van der Waals surface area contributed by atoms with Crippen molar-refractivity contribution in [1.29, 1.82) is 0 Å². The van der Waals surface area contributed by atoms with Crippen LogP contribution in [-0.2, 0) is 0 Å². The topological polar surface area (TPSA) is 67.5 Å². The number of nitrogens with one attached hydrogen (secondary N) is 1. The van der Waals surface area contributed by atoms with Crippen LogP contribution in [0.5, 0.6) is 0 Å². The van der Waals surface area contributed by atoms with Crippen LogP contribution in [0.25, 0.3) is 6.08 Å². The Hall–Kier alpha value is -1.62. The van der Waals surface area contributed by atoms with Gasteiger partial charge in [0.05, 0.1) is 5.71 Å². The minimum Gasteiger partial charge on any atom is -0.350 e. The minimum absolute atomic E-state index is 0.658. The number of hydrazone groups is 1. The number of nitrogens with two attached hydrogens (primary N) is 1. The molecule has 2 amide bonds. The highest BCUT2D eigenvalue weighted by Gasteiger charge is 1.89. The lowest BCUT2D eigenvalue weighted by Gasteiger charge is -1.92. The van der Waals surface area contributed by atoms with E-state index in [1.54, 1.807) is 18.3 Å². The van der Waals surface area contributed by atoms with Gasteiger partial charge in [0.2, 0.25) is 0 Å². The third-order valence-corrected chi connectivity index (χ3v) is 2.21. The van der Waals surface area contributed by atoms with Gasteiger partial charge in [0.15, 0.2) is 0 Å². The molecule has 3 N–H and O–H groups in total. The number of primary amides is 1. The maximum atomic E-state index is 10.3. The maximum Gasteiger partial charge on any atom is 0.332 e. The van der Waals surface area contributed by atoms with Crippen molar-refractivity contribution in [1.82, 2.24) is 5.43 Å². The number of hydrogen-bond donors (Lipinski definition) is 2. The summed E-state index contributed by atoms with van der Waals surface area (Å²) in [5, 5.41) is 5.73. The Labute approximate surface area is 86.1 Å². The van der Waals surface area contributed by atoms with E-state index in [0.29, 0.717) is 5.71 Å². The van der Waals surface area contributed by atoms with Crippen molar-refractivity contribution in [2.45, 2.75) is 6.92 Å². The van der Waals surface area contributed by atoms with Gasteiger partial charge in [-0.05, 0) is 30.5 Å². The summed E-state index contributed by atoms with van der Waals surface area (Å²) in [5.74, 6) is 0. The molecule has 0 bridgehead atoms. The van der Waals surface area contributed by atoms with E-state index < -0.39 is 6.03 Å². The summed E-state index contributed by atoms with van der Waals surface area (Å²) < 4.78 is 0. The molecule has 0 atom stereocenters. The number of carbonyl (C=O) groups excluding carboxylic acids is 1. The highest BCUT2D eigenvalue weighted by Crippen LogP contribution is 2.09. The molecule has 1 heterocycles. The van der Waals surface area contributed by atoms with Gasteiger partial charge in [-0.2, -0.15) is 5.10 Å². The van der Waals surface area contributed by atoms with Gasteiger partial charge in [0, 0.05) is 4.88 Å². The average Bonchev–Trinajstić information content (AvgIpc) is 2.63. The molecule has 0 radical (unpaired) electrons. The summed E-state index contributed by atoms with van der Waals surface area (Å²) in [5.41, 5.74) is 7.70. The molecule has 0 aliphatic rings. The molecule has 1 rings (SSSR count). The first-order chi connectivity index (χ1) is 6.68. The van der Waals surface area contributed by atoms with E-state index in [0.717, 1.165) is 4.88 Å². The van der Waals surface area contributed by atoms with Gasteiger partial charge < -0.3 is 5.73 Å². The molecule has 0 aromatic carbocycles. The SMILES string of the molecule is CC(/C=C/c1cccs1)=N\NC(N)=O. The van der Waals surface area contributed by atoms with Gasteiger partial charge in [-0.25, -0.2) is 10.2 Å². The molecule has 0 spiro atoms. The van der Waals surface area contributed by atoms with E-state index in [-0.39, 0.29) is 0 Å². The average molecular weight is 209 g/mol. The first kappa shape index (κ1) is 10.5. The van der Waals surface area contributed by atoms with Gasteiger partial charge in [-0.3, -0.25) is 0 Å². The van der Waals surface area contributed by atoms with E-state index in [1.165, 1.54) is 0 Å². The van der Waals surface area contributed by atoms with Crippen LogP contribution in [-0.4, -0.2) is 11.7 Å². The second-order valence-corrected chi connectivity index (χ2v) is 3.56. The van der Waals surface area contributed by atoms with Gasteiger partial charge >= 0.3 is 6.03 Å². The molecule has 0 aliphatic heterocycles. The fourth-order valence-electron chi connectivity index (χ4n) is 0.769. The molecule has 0 unspecified atom stereocenters. The molecule has 1 aromatic rings. The fraction of sp³-hybridized carbons (Fsp3) is 0.111. The van der Waals surface area contributed by atoms with Crippen LogP contribution < -0.4 is 11.2 Å². The molecular weight excluding hydrogens is 198 g/mol. The summed E-state index contributed by atoms with van der Waals surface area (Å²) in [7, 11) is 0. The Bertz CT molecular complexity index is 354. The lowest BCUT2D eigenvalue weighted by atomic mass is 10.3. The van der Waals surface area contributed by atoms with Crippen molar-refractivity contribution < 1.29 is 4.79 Å². The number of allylic oxidation sites excluding steroid dienone is 1. The van der Waals surface area contributed by atoms with Crippen molar-refractivity contribution in [3.05, 3.63) is 28.5 Å². The van der Waals surface area contributed by atoms with Gasteiger partial charge in [0.25, 0.3) is 0 Å². The molecule has 0 fully saturated rings. The van der Waals surface area contributed by atoms with Crippen LogP contribution in [0.2, 0.25) is 0 Å². The monoisotopic (exact) mass is 209 g/mol. The zero-order valence-electron chi connectivity index (χ0n) is 7.73. The van der Waals surface area contributed by atoms with Crippen molar-refractivity contribution >= 4 is 29.2 Å². The largest absolute Gasteiger partial charge is 0.350 e. The predicted molar refractivity (Wildman–Crippen MR) is 59.2 cm³/mol. The number of urea groups is 1. The van der Waals surface area contributed by atoms with Crippen LogP contribution in [0.4, 0.5) is 4.79 Å². The Morgan fingerprint density at radius 1 is 1.71 bits per heavy atom. The third kappa shape index (κ3) is 3.86. The van der Waals surface area contributed by atoms with E-state index in [9.17, 15) is 4.79 Å². The number of carbonyl (C=O) groups is 1. The number of hydrogen-bond acceptors (Lipinski definition) is 3. The highest BCUT2D eigenvalue weighted by molar-refractivity contribution is 7.10. The predicted octanol–water partition coefficient (Wildman–Crippen LogP) is 1.81. The van der Waals surface area contributed by atoms with E-state index in [1.807, 2.05) is 29.7 Å². The van der Waals surface area contributed by atoms with Crippen molar-refractivity contribution in [3.8, 4) is 0 Å². The quantitative estimate of drug-likeness (QED) is 0.578. The fourth-order valence-corrected chi connectivity index (χ4v) is 1.39. The van der Waals surface area contributed by atoms with Gasteiger partial charge in [-0.15, -0.1) is 11.3 Å². The normalized spacial score (nSPS) is 11.9. The van der Waals surface area contributed by atoms with Crippen LogP contribution in [0.1, 0.15) is 11.8 Å². The van der Waals surface area contributed by atoms with Crippen LogP contribution >= 0.6 is 11.3 Å². The molecular formula is C9H11N3OS. The first-order valence-electron chi connectivity index (χ1n) is 4.00. The van der Waals surface area contributed by atoms with E-state index in [2.05, 4.69) is 10.5 Å². The maximum absolute atomic E-state index is 10.3. The lowest BCUT2D eigenvalue weighted by molar-refractivity contribution is 0.249. The van der Waals surface area contributed by atoms with Gasteiger partial charge in [0.1, 0.15) is 0 Å². The Balaban J connectivity index is 2.51. The zero-order chi connectivity index (χ0) is 10.4. The Kier molecular flexibility index (Phi) is 3.87. The highest BCUT2D eigenvalue weighted by atomic mass is 32.1. The Morgan fingerprint density at radius 3 is 3.07 bits per heavy atom. The second kappa shape index (κ2) is 5.18. The number of thiophene rings is 1. The molecule has 1 aromatic heterocycles. The summed E-state index contributed by atoms with van der Waals surface area (Å²) in [6, 6.07) is 3.31. The van der Waals surface area contributed by atoms with E-state index >= 15 is 0 Å². The van der Waals surface area contributed by atoms with Crippen LogP contribution in [0.3, 0.4) is 0 Å². The molecule has 0 saturated carbocycles. The third-order valence-electron chi connectivity index (χ3n) is 1.37. The van der Waals surface area contributed by atoms with Crippen LogP contribution in [0, 0.1) is 0 Å². The summed E-state index contributed by atoms with van der Waals surface area (Å²) in [6.45, 7) is 1.78. The smallest absolute Gasteiger partial charge is 0.332 e. The van der Waals surface area contributed by atoms with Crippen LogP contribution in [0.15, 0.2) is 28.7 Å². The summed E-state index contributed by atoms with van der Waals surface area (Å²) in [6.07, 6.45) is 3.73. The number of nitrogens with zero attached hydrogens (tertiary/aromatic N) is 1.